The highest BCUT2D eigenvalue weighted by Crippen LogP contribution is 2.50. The first-order valence-corrected chi connectivity index (χ1v) is 16.4. The van der Waals surface area contributed by atoms with Crippen molar-refractivity contribution < 1.29 is 4.74 Å². The van der Waals surface area contributed by atoms with Crippen molar-refractivity contribution in [3.05, 3.63) is 179 Å². The molecule has 5 aromatic carbocycles. The molecule has 7 rings (SSSR count). The molecule has 50 heavy (non-hydrogen) atoms. The molecule has 0 amide bonds. The normalized spacial score (nSPS) is 14.2. The van der Waals surface area contributed by atoms with Gasteiger partial charge in [0.15, 0.2) is 0 Å². The van der Waals surface area contributed by atoms with Gasteiger partial charge in [-0.25, -0.2) is 0 Å². The van der Waals surface area contributed by atoms with Crippen LogP contribution < -0.4 is 4.90 Å². The second kappa shape index (κ2) is 13.4. The molecule has 0 atom stereocenters. The molecule has 240 valence electrons. The Labute approximate surface area is 292 Å². The Morgan fingerprint density at radius 2 is 1.26 bits per heavy atom. The number of benzene rings is 5. The molecule has 6 heteroatoms. The first-order valence-electron chi connectivity index (χ1n) is 16.4. The second-order valence-corrected chi connectivity index (χ2v) is 12.7. The average molecular weight is 648 g/mol. The minimum absolute atomic E-state index is 0.0475. The topological polar surface area (TPSA) is 84.8 Å². The molecular formula is C44H33N5O. The van der Waals surface area contributed by atoms with Gasteiger partial charge < -0.3 is 9.64 Å². The van der Waals surface area contributed by atoms with E-state index in [4.69, 9.17) is 4.74 Å². The number of nitrogens with zero attached hydrogens (tertiary/aromatic N) is 5. The van der Waals surface area contributed by atoms with E-state index in [1.165, 1.54) is 22.3 Å². The van der Waals surface area contributed by atoms with Crippen LogP contribution in [-0.4, -0.2) is 0 Å². The number of para-hydroxylation sites is 1. The smallest absolute Gasteiger partial charge is 0.137 e. The summed E-state index contributed by atoms with van der Waals surface area (Å²) in [5.41, 5.74) is 11.4. The van der Waals surface area contributed by atoms with Gasteiger partial charge in [0.05, 0.1) is 11.4 Å². The third-order valence-electron chi connectivity index (χ3n) is 9.01. The number of nitriles is 2. The van der Waals surface area contributed by atoms with Crippen molar-refractivity contribution in [2.45, 2.75) is 26.2 Å². The fourth-order valence-corrected chi connectivity index (χ4v) is 6.51. The Bertz CT molecular complexity index is 2310. The van der Waals surface area contributed by atoms with E-state index in [-0.39, 0.29) is 11.0 Å². The molecule has 0 fully saturated rings. The molecule has 2 aliphatic rings. The highest BCUT2D eigenvalue weighted by atomic mass is 16.5. The summed E-state index contributed by atoms with van der Waals surface area (Å²) >= 11 is 0. The monoisotopic (exact) mass is 647 g/mol. The van der Waals surface area contributed by atoms with Crippen LogP contribution in [0.1, 0.15) is 37.5 Å². The fraction of sp³-hybridized carbons (Fsp3) is 0.0909. The first-order chi connectivity index (χ1) is 24.3. The zero-order valence-electron chi connectivity index (χ0n) is 28.0. The van der Waals surface area contributed by atoms with Gasteiger partial charge >= 0.3 is 0 Å². The van der Waals surface area contributed by atoms with Crippen LogP contribution in [0.5, 0.6) is 0 Å². The Hall–Kier alpha value is -6.76. The highest BCUT2D eigenvalue weighted by Gasteiger charge is 2.35. The van der Waals surface area contributed by atoms with E-state index < -0.39 is 0 Å². The first kappa shape index (κ1) is 31.8. The maximum atomic E-state index is 9.22. The minimum Gasteiger partial charge on any atom is -0.462 e. The SMILES string of the molecule is CC1=CC(=C(C#N)C#N)C=C(C=Cc2ccc(N=Nc3ccc(N(c4ccccc4)c4ccc5c(c4)C(C)(C)c4ccccc4-5)cc3)cc2)O1. The fourth-order valence-electron chi connectivity index (χ4n) is 6.51. The molecule has 1 aliphatic carbocycles. The minimum atomic E-state index is -0.0928. The Balaban J connectivity index is 1.09. The lowest BCUT2D eigenvalue weighted by Crippen LogP contribution is -2.16. The molecule has 5 aromatic rings. The molecule has 0 unspecified atom stereocenters. The summed E-state index contributed by atoms with van der Waals surface area (Å²) in [6.07, 6.45) is 7.07. The Morgan fingerprint density at radius 1 is 0.660 bits per heavy atom. The van der Waals surface area contributed by atoms with Crippen LogP contribution in [0, 0.1) is 22.7 Å². The lowest BCUT2D eigenvalue weighted by atomic mass is 9.82. The molecule has 0 aromatic heterocycles. The lowest BCUT2D eigenvalue weighted by Gasteiger charge is -2.28. The summed E-state index contributed by atoms with van der Waals surface area (Å²) in [5, 5.41) is 27.4. The maximum Gasteiger partial charge on any atom is 0.137 e. The van der Waals surface area contributed by atoms with Crippen molar-refractivity contribution in [1.29, 1.82) is 10.5 Å². The third kappa shape index (κ3) is 6.27. The number of anilines is 3. The maximum absolute atomic E-state index is 9.22. The van der Waals surface area contributed by atoms with Gasteiger partial charge in [-0.15, -0.1) is 0 Å². The summed E-state index contributed by atoms with van der Waals surface area (Å²) in [6.45, 7) is 6.40. The van der Waals surface area contributed by atoms with Crippen molar-refractivity contribution in [1.82, 2.24) is 0 Å². The van der Waals surface area contributed by atoms with Gasteiger partial charge in [0, 0.05) is 28.1 Å². The lowest BCUT2D eigenvalue weighted by molar-refractivity contribution is 0.318. The van der Waals surface area contributed by atoms with Crippen molar-refractivity contribution in [2.75, 3.05) is 4.90 Å². The van der Waals surface area contributed by atoms with Crippen LogP contribution in [0.2, 0.25) is 0 Å². The van der Waals surface area contributed by atoms with Gasteiger partial charge in [0.2, 0.25) is 0 Å². The molecule has 0 saturated heterocycles. The van der Waals surface area contributed by atoms with E-state index in [2.05, 4.69) is 108 Å². The molecule has 0 bridgehead atoms. The number of hydrogen-bond donors (Lipinski definition) is 0. The number of rotatable bonds is 7. The van der Waals surface area contributed by atoms with Gasteiger partial charge in [-0.2, -0.15) is 20.8 Å². The van der Waals surface area contributed by atoms with E-state index in [1.54, 1.807) is 19.1 Å². The van der Waals surface area contributed by atoms with Crippen LogP contribution >= 0.6 is 0 Å². The number of azo groups is 1. The zero-order valence-corrected chi connectivity index (χ0v) is 28.0. The number of ether oxygens (including phenoxy) is 1. The quantitative estimate of drug-likeness (QED) is 0.130. The largest absolute Gasteiger partial charge is 0.462 e. The van der Waals surface area contributed by atoms with E-state index in [1.807, 2.05) is 66.8 Å². The second-order valence-electron chi connectivity index (χ2n) is 12.7. The van der Waals surface area contributed by atoms with E-state index >= 15 is 0 Å². The number of allylic oxidation sites excluding steroid dienone is 6. The highest BCUT2D eigenvalue weighted by molar-refractivity contribution is 5.85. The van der Waals surface area contributed by atoms with Gasteiger partial charge in [-0.1, -0.05) is 80.6 Å². The third-order valence-corrected chi connectivity index (χ3v) is 9.01. The molecule has 0 radical (unpaired) electrons. The molecular weight excluding hydrogens is 615 g/mol. The van der Waals surface area contributed by atoms with E-state index in [9.17, 15) is 10.5 Å². The summed E-state index contributed by atoms with van der Waals surface area (Å²) in [7, 11) is 0. The van der Waals surface area contributed by atoms with Crippen molar-refractivity contribution >= 4 is 34.5 Å². The van der Waals surface area contributed by atoms with Crippen LogP contribution in [0.15, 0.2) is 172 Å². The predicted octanol–water partition coefficient (Wildman–Crippen LogP) is 12.1. The average Bonchev–Trinajstić information content (AvgIpc) is 3.37. The van der Waals surface area contributed by atoms with Gasteiger partial charge in [0.25, 0.3) is 0 Å². The van der Waals surface area contributed by atoms with E-state index in [0.29, 0.717) is 17.1 Å². The van der Waals surface area contributed by atoms with Crippen molar-refractivity contribution in [2.24, 2.45) is 10.2 Å². The van der Waals surface area contributed by atoms with Crippen LogP contribution in [-0.2, 0) is 10.2 Å². The van der Waals surface area contributed by atoms with Crippen molar-refractivity contribution in [3.8, 4) is 23.3 Å². The number of fused-ring (bicyclic) bond motifs is 3. The van der Waals surface area contributed by atoms with Crippen molar-refractivity contribution in [3.63, 3.8) is 0 Å². The summed E-state index contributed by atoms with van der Waals surface area (Å²) < 4.78 is 5.75. The van der Waals surface area contributed by atoms with Gasteiger partial charge in [-0.3, -0.25) is 0 Å². The van der Waals surface area contributed by atoms with Crippen LogP contribution in [0.25, 0.3) is 17.2 Å². The molecule has 0 saturated carbocycles. The summed E-state index contributed by atoms with van der Waals surface area (Å²) in [5.74, 6) is 1.16. The Morgan fingerprint density at radius 3 is 1.96 bits per heavy atom. The molecule has 6 nitrogen and oxygen atoms in total. The number of hydrogen-bond acceptors (Lipinski definition) is 6. The Kier molecular flexibility index (Phi) is 8.52. The summed E-state index contributed by atoms with van der Waals surface area (Å²) in [4.78, 5) is 2.28. The molecule has 1 heterocycles. The van der Waals surface area contributed by atoms with Crippen LogP contribution in [0.3, 0.4) is 0 Å². The predicted molar refractivity (Wildman–Crippen MR) is 200 cm³/mol. The zero-order chi connectivity index (χ0) is 34.7. The van der Waals surface area contributed by atoms with Gasteiger partial charge in [-0.05, 0) is 114 Å². The summed E-state index contributed by atoms with van der Waals surface area (Å²) in [6, 6.07) is 45.6. The van der Waals surface area contributed by atoms with Crippen LogP contribution in [0.4, 0.5) is 28.4 Å². The standard InChI is InChI=1S/C44H33N5O/c1-30-25-32(33(28-45)29-46)26-39(50-30)23-15-31-13-16-34(17-14-31)47-48-35-18-20-37(21-19-35)49(36-9-5-4-6-10-36)38-22-24-41-40-11-7-8-12-42(40)44(2,3)43(41)27-38/h4-27H,1-3H3. The molecule has 0 spiro atoms. The molecule has 0 N–H and O–H groups in total. The van der Waals surface area contributed by atoms with E-state index in [0.717, 1.165) is 34.0 Å². The molecule has 1 aliphatic heterocycles. The van der Waals surface area contributed by atoms with Gasteiger partial charge in [0.1, 0.15) is 29.2 Å².